The summed E-state index contributed by atoms with van der Waals surface area (Å²) in [4.78, 5) is 15.1. The molecule has 1 aromatic carbocycles. The summed E-state index contributed by atoms with van der Waals surface area (Å²) in [5.74, 6) is -0.543. The maximum atomic E-state index is 12.8. The third-order valence-electron chi connectivity index (χ3n) is 3.27. The van der Waals surface area contributed by atoms with Crippen LogP contribution < -0.4 is 4.74 Å². The Morgan fingerprint density at radius 1 is 1.36 bits per heavy atom. The number of benzene rings is 1. The van der Waals surface area contributed by atoms with E-state index in [0.29, 0.717) is 18.1 Å². The van der Waals surface area contributed by atoms with Crippen LogP contribution in [0, 0.1) is 5.82 Å². The number of aliphatic carboxylic acids is 1. The summed E-state index contributed by atoms with van der Waals surface area (Å²) in [7, 11) is 0. The van der Waals surface area contributed by atoms with Crippen LogP contribution >= 0.6 is 11.3 Å². The fourth-order valence-corrected chi connectivity index (χ4v) is 2.89. The molecule has 1 N–H and O–H groups in total. The first kappa shape index (κ1) is 16.4. The SMILES string of the molecule is CC(C)(CCOc1ccc(F)cc1)c1nc(CC(=O)O)cs1. The van der Waals surface area contributed by atoms with Crippen molar-refractivity contribution in [1.82, 2.24) is 4.98 Å². The van der Waals surface area contributed by atoms with Gasteiger partial charge < -0.3 is 9.84 Å². The summed E-state index contributed by atoms with van der Waals surface area (Å²) in [5.41, 5.74) is 0.376. The van der Waals surface area contributed by atoms with Crippen LogP contribution in [0.1, 0.15) is 31.0 Å². The van der Waals surface area contributed by atoms with Crippen LogP contribution in [-0.2, 0) is 16.6 Å². The Morgan fingerprint density at radius 3 is 2.68 bits per heavy atom. The number of carboxylic acid groups (broad SMARTS) is 1. The lowest BCUT2D eigenvalue weighted by Gasteiger charge is -2.22. The maximum Gasteiger partial charge on any atom is 0.309 e. The van der Waals surface area contributed by atoms with Gasteiger partial charge in [0.25, 0.3) is 0 Å². The summed E-state index contributed by atoms with van der Waals surface area (Å²) in [6.45, 7) is 4.57. The van der Waals surface area contributed by atoms with Crippen molar-refractivity contribution in [3.05, 3.63) is 46.2 Å². The number of carboxylic acids is 1. The molecule has 0 fully saturated rings. The van der Waals surface area contributed by atoms with Gasteiger partial charge in [0.2, 0.25) is 0 Å². The van der Waals surface area contributed by atoms with E-state index in [4.69, 9.17) is 9.84 Å². The van der Waals surface area contributed by atoms with E-state index in [-0.39, 0.29) is 17.7 Å². The summed E-state index contributed by atoms with van der Waals surface area (Å²) in [6, 6.07) is 5.91. The van der Waals surface area contributed by atoms with E-state index >= 15 is 0 Å². The molecule has 0 radical (unpaired) electrons. The molecule has 0 aliphatic rings. The number of thiazole rings is 1. The highest BCUT2D eigenvalue weighted by Crippen LogP contribution is 2.30. The van der Waals surface area contributed by atoms with E-state index in [2.05, 4.69) is 4.98 Å². The minimum atomic E-state index is -0.880. The molecule has 6 heteroatoms. The first-order valence-corrected chi connectivity index (χ1v) is 7.80. The van der Waals surface area contributed by atoms with Gasteiger partial charge >= 0.3 is 5.97 Å². The van der Waals surface area contributed by atoms with Crippen LogP contribution in [0.25, 0.3) is 0 Å². The Kier molecular flexibility index (Phi) is 5.13. The zero-order valence-electron chi connectivity index (χ0n) is 12.5. The number of nitrogens with zero attached hydrogens (tertiary/aromatic N) is 1. The van der Waals surface area contributed by atoms with Crippen LogP contribution in [0.3, 0.4) is 0 Å². The number of ether oxygens (including phenoxy) is 1. The van der Waals surface area contributed by atoms with Crippen LogP contribution in [0.2, 0.25) is 0 Å². The average Bonchev–Trinajstić information content (AvgIpc) is 2.89. The quantitative estimate of drug-likeness (QED) is 0.845. The van der Waals surface area contributed by atoms with Crippen molar-refractivity contribution in [3.63, 3.8) is 0 Å². The van der Waals surface area contributed by atoms with Crippen LogP contribution in [-0.4, -0.2) is 22.7 Å². The lowest BCUT2D eigenvalue weighted by molar-refractivity contribution is -0.136. The number of aromatic nitrogens is 1. The van der Waals surface area contributed by atoms with Gasteiger partial charge in [-0.2, -0.15) is 0 Å². The van der Waals surface area contributed by atoms with Crippen molar-refractivity contribution in [2.45, 2.75) is 32.1 Å². The Balaban J connectivity index is 1.91. The van der Waals surface area contributed by atoms with E-state index in [1.165, 1.54) is 23.5 Å². The smallest absolute Gasteiger partial charge is 0.309 e. The zero-order chi connectivity index (χ0) is 16.2. The molecule has 22 heavy (non-hydrogen) atoms. The normalized spacial score (nSPS) is 11.4. The lowest BCUT2D eigenvalue weighted by atomic mass is 9.90. The topological polar surface area (TPSA) is 59.4 Å². The maximum absolute atomic E-state index is 12.8. The van der Waals surface area contributed by atoms with Crippen molar-refractivity contribution in [2.75, 3.05) is 6.61 Å². The Morgan fingerprint density at radius 2 is 2.05 bits per heavy atom. The van der Waals surface area contributed by atoms with Gasteiger partial charge in [-0.3, -0.25) is 4.79 Å². The molecule has 0 atom stereocenters. The molecule has 0 amide bonds. The minimum absolute atomic E-state index is 0.0569. The third-order valence-corrected chi connectivity index (χ3v) is 4.53. The largest absolute Gasteiger partial charge is 0.494 e. The van der Waals surface area contributed by atoms with E-state index in [9.17, 15) is 9.18 Å². The first-order valence-electron chi connectivity index (χ1n) is 6.92. The molecule has 1 aromatic heterocycles. The molecule has 0 aliphatic heterocycles. The molecule has 118 valence electrons. The molecule has 2 aromatic rings. The summed E-state index contributed by atoms with van der Waals surface area (Å²) in [5, 5.41) is 11.5. The molecule has 0 saturated heterocycles. The van der Waals surface area contributed by atoms with Gasteiger partial charge in [-0.25, -0.2) is 9.37 Å². The minimum Gasteiger partial charge on any atom is -0.494 e. The fourth-order valence-electron chi connectivity index (χ4n) is 1.92. The van der Waals surface area contributed by atoms with E-state index < -0.39 is 5.97 Å². The van der Waals surface area contributed by atoms with Gasteiger partial charge in [0, 0.05) is 10.8 Å². The van der Waals surface area contributed by atoms with Crippen LogP contribution in [0.4, 0.5) is 4.39 Å². The van der Waals surface area contributed by atoms with Gasteiger partial charge in [0.1, 0.15) is 11.6 Å². The van der Waals surface area contributed by atoms with Gasteiger partial charge in [0.05, 0.1) is 23.7 Å². The fraction of sp³-hybridized carbons (Fsp3) is 0.375. The predicted octanol–water partition coefficient (Wildman–Crippen LogP) is 3.66. The van der Waals surface area contributed by atoms with Crippen molar-refractivity contribution in [2.24, 2.45) is 0 Å². The highest BCUT2D eigenvalue weighted by atomic mass is 32.1. The number of carbonyl (C=O) groups is 1. The summed E-state index contributed by atoms with van der Waals surface area (Å²) in [6.07, 6.45) is 0.670. The van der Waals surface area contributed by atoms with E-state index in [0.717, 1.165) is 11.4 Å². The van der Waals surface area contributed by atoms with Gasteiger partial charge in [-0.1, -0.05) is 13.8 Å². The van der Waals surface area contributed by atoms with Crippen molar-refractivity contribution in [1.29, 1.82) is 0 Å². The molecule has 2 rings (SSSR count). The Hall–Kier alpha value is -1.95. The van der Waals surface area contributed by atoms with E-state index in [1.807, 2.05) is 13.8 Å². The first-order chi connectivity index (χ1) is 10.4. The van der Waals surface area contributed by atoms with Gasteiger partial charge in [-0.05, 0) is 30.7 Å². The Bertz CT molecular complexity index is 637. The molecule has 4 nitrogen and oxygen atoms in total. The highest BCUT2D eigenvalue weighted by Gasteiger charge is 2.24. The van der Waals surface area contributed by atoms with Crippen molar-refractivity contribution < 1.29 is 19.0 Å². The lowest BCUT2D eigenvalue weighted by Crippen LogP contribution is -2.20. The Labute approximate surface area is 132 Å². The monoisotopic (exact) mass is 323 g/mol. The van der Waals surface area contributed by atoms with Crippen LogP contribution in [0.15, 0.2) is 29.6 Å². The number of rotatable bonds is 7. The second-order valence-corrected chi connectivity index (χ2v) is 6.51. The third kappa shape index (κ3) is 4.53. The molecule has 0 unspecified atom stereocenters. The standard InChI is InChI=1S/C16H18FNO3S/c1-16(2,15-18-12(10-22-15)9-14(19)20)7-8-21-13-5-3-11(17)4-6-13/h3-6,10H,7-9H2,1-2H3,(H,19,20). The second kappa shape index (κ2) is 6.87. The number of hydrogen-bond acceptors (Lipinski definition) is 4. The van der Waals surface area contributed by atoms with Crippen molar-refractivity contribution in [3.8, 4) is 5.75 Å². The van der Waals surface area contributed by atoms with Gasteiger partial charge in [0.15, 0.2) is 0 Å². The number of hydrogen-bond donors (Lipinski definition) is 1. The second-order valence-electron chi connectivity index (χ2n) is 5.65. The summed E-state index contributed by atoms with van der Waals surface area (Å²) < 4.78 is 18.4. The zero-order valence-corrected chi connectivity index (χ0v) is 13.3. The molecule has 1 heterocycles. The molecule has 0 aliphatic carbocycles. The van der Waals surface area contributed by atoms with Gasteiger partial charge in [-0.15, -0.1) is 11.3 Å². The highest BCUT2D eigenvalue weighted by molar-refractivity contribution is 7.09. The number of halogens is 1. The molecule has 0 bridgehead atoms. The predicted molar refractivity (Wildman–Crippen MR) is 83.0 cm³/mol. The van der Waals surface area contributed by atoms with Crippen molar-refractivity contribution >= 4 is 17.3 Å². The molecule has 0 saturated carbocycles. The summed E-state index contributed by atoms with van der Waals surface area (Å²) >= 11 is 1.47. The molecular formula is C16H18FNO3S. The molecular weight excluding hydrogens is 305 g/mol. The van der Waals surface area contributed by atoms with Crippen LogP contribution in [0.5, 0.6) is 5.75 Å². The molecule has 0 spiro atoms. The van der Waals surface area contributed by atoms with E-state index in [1.54, 1.807) is 17.5 Å². The average molecular weight is 323 g/mol.